The lowest BCUT2D eigenvalue weighted by molar-refractivity contribution is 0.0952. The summed E-state index contributed by atoms with van der Waals surface area (Å²) in [5.41, 5.74) is 1.76. The van der Waals surface area contributed by atoms with Crippen LogP contribution in [0, 0.1) is 5.92 Å². The van der Waals surface area contributed by atoms with Gasteiger partial charge in [-0.2, -0.15) is 5.10 Å². The Bertz CT molecular complexity index is 777. The summed E-state index contributed by atoms with van der Waals surface area (Å²) >= 11 is 6.36. The molecule has 1 aliphatic rings. The highest BCUT2D eigenvalue weighted by molar-refractivity contribution is 6.33. The number of amides is 1. The number of aromatic nitrogens is 2. The molecule has 1 aromatic carbocycles. The zero-order chi connectivity index (χ0) is 18.7. The smallest absolute Gasteiger partial charge is 0.255 e. The van der Waals surface area contributed by atoms with E-state index in [-0.39, 0.29) is 23.9 Å². The maximum Gasteiger partial charge on any atom is 0.255 e. The van der Waals surface area contributed by atoms with Gasteiger partial charge in [0.25, 0.3) is 5.91 Å². The third-order valence-electron chi connectivity index (χ3n) is 4.78. The standard InChI is InChI=1S/C20H27ClN4O.ClH/c1-20(2,3)25-13-16(18(24-25)15-6-4-5-7-17(15)21)19(26)23-11-9-14-8-10-22-12-14;/h4-7,13-14,22H,8-12H2,1-3H3,(H,23,26);1H. The lowest BCUT2D eigenvalue weighted by atomic mass is 10.0. The second-order valence-electron chi connectivity index (χ2n) is 7.89. The molecular formula is C20H28Cl2N4O. The number of halogens is 2. The molecule has 1 amide bonds. The first-order valence-corrected chi connectivity index (χ1v) is 9.58. The molecule has 0 saturated carbocycles. The van der Waals surface area contributed by atoms with Crippen LogP contribution in [0.4, 0.5) is 0 Å². The minimum Gasteiger partial charge on any atom is -0.352 e. The minimum atomic E-state index is -0.218. The molecule has 2 aromatic rings. The zero-order valence-corrected chi connectivity index (χ0v) is 17.7. The molecule has 148 valence electrons. The quantitative estimate of drug-likeness (QED) is 0.779. The van der Waals surface area contributed by atoms with E-state index in [0.717, 1.165) is 25.1 Å². The van der Waals surface area contributed by atoms with E-state index >= 15 is 0 Å². The van der Waals surface area contributed by atoms with E-state index in [2.05, 4.69) is 36.5 Å². The average Bonchev–Trinajstić information content (AvgIpc) is 3.24. The Hall–Kier alpha value is -1.56. The first-order chi connectivity index (χ1) is 12.4. The van der Waals surface area contributed by atoms with Gasteiger partial charge in [-0.05, 0) is 58.7 Å². The van der Waals surface area contributed by atoms with Gasteiger partial charge in [-0.3, -0.25) is 9.48 Å². The third kappa shape index (κ3) is 5.24. The van der Waals surface area contributed by atoms with Crippen molar-refractivity contribution in [3.05, 3.63) is 41.0 Å². The molecule has 0 bridgehead atoms. The summed E-state index contributed by atoms with van der Waals surface area (Å²) in [5, 5.41) is 11.7. The average molecular weight is 411 g/mol. The number of nitrogens with zero attached hydrogens (tertiary/aromatic N) is 2. The van der Waals surface area contributed by atoms with E-state index in [1.165, 1.54) is 6.42 Å². The molecule has 1 aliphatic heterocycles. The number of hydrogen-bond acceptors (Lipinski definition) is 3. The van der Waals surface area contributed by atoms with Crippen LogP contribution in [0.2, 0.25) is 5.02 Å². The Kier molecular flexibility index (Phi) is 7.32. The van der Waals surface area contributed by atoms with Crippen molar-refractivity contribution in [1.82, 2.24) is 20.4 Å². The van der Waals surface area contributed by atoms with Crippen LogP contribution < -0.4 is 10.6 Å². The van der Waals surface area contributed by atoms with Crippen molar-refractivity contribution in [1.29, 1.82) is 0 Å². The van der Waals surface area contributed by atoms with Gasteiger partial charge in [-0.1, -0.05) is 29.8 Å². The van der Waals surface area contributed by atoms with E-state index < -0.39 is 0 Å². The third-order valence-corrected chi connectivity index (χ3v) is 5.11. The van der Waals surface area contributed by atoms with Crippen LogP contribution in [-0.4, -0.2) is 35.3 Å². The van der Waals surface area contributed by atoms with Crippen molar-refractivity contribution in [2.75, 3.05) is 19.6 Å². The summed E-state index contributed by atoms with van der Waals surface area (Å²) in [4.78, 5) is 12.8. The van der Waals surface area contributed by atoms with E-state index in [4.69, 9.17) is 11.6 Å². The monoisotopic (exact) mass is 410 g/mol. The fourth-order valence-electron chi connectivity index (χ4n) is 3.18. The van der Waals surface area contributed by atoms with Gasteiger partial charge in [-0.15, -0.1) is 12.4 Å². The van der Waals surface area contributed by atoms with Crippen LogP contribution in [0.15, 0.2) is 30.5 Å². The van der Waals surface area contributed by atoms with Gasteiger partial charge in [0.2, 0.25) is 0 Å². The maximum atomic E-state index is 12.8. The molecule has 0 spiro atoms. The lowest BCUT2D eigenvalue weighted by Gasteiger charge is -2.18. The molecule has 7 heteroatoms. The Morgan fingerprint density at radius 1 is 1.37 bits per heavy atom. The first kappa shape index (κ1) is 21.7. The van der Waals surface area contributed by atoms with Crippen LogP contribution in [0.1, 0.15) is 44.0 Å². The predicted molar refractivity (Wildman–Crippen MR) is 113 cm³/mol. The number of nitrogens with one attached hydrogen (secondary N) is 2. The van der Waals surface area contributed by atoms with Crippen LogP contribution in [0.25, 0.3) is 11.3 Å². The fourth-order valence-corrected chi connectivity index (χ4v) is 3.41. The maximum absolute atomic E-state index is 12.8. The summed E-state index contributed by atoms with van der Waals surface area (Å²) in [6.45, 7) is 8.98. The number of benzene rings is 1. The molecule has 1 fully saturated rings. The van der Waals surface area contributed by atoms with Crippen molar-refractivity contribution in [2.45, 2.75) is 39.2 Å². The molecular weight excluding hydrogens is 383 g/mol. The van der Waals surface area contributed by atoms with E-state index in [0.29, 0.717) is 28.7 Å². The van der Waals surface area contributed by atoms with Gasteiger partial charge in [0.1, 0.15) is 5.69 Å². The normalized spacial score (nSPS) is 16.8. The lowest BCUT2D eigenvalue weighted by Crippen LogP contribution is -2.27. The highest BCUT2D eigenvalue weighted by Crippen LogP contribution is 2.30. The minimum absolute atomic E-state index is 0. The highest BCUT2D eigenvalue weighted by atomic mass is 35.5. The van der Waals surface area contributed by atoms with Crippen LogP contribution in [-0.2, 0) is 5.54 Å². The Morgan fingerprint density at radius 3 is 2.74 bits per heavy atom. The van der Waals surface area contributed by atoms with Gasteiger partial charge in [-0.25, -0.2) is 0 Å². The van der Waals surface area contributed by atoms with Crippen molar-refractivity contribution < 1.29 is 4.79 Å². The van der Waals surface area contributed by atoms with E-state index in [1.807, 2.05) is 35.1 Å². The molecule has 1 aromatic heterocycles. The molecule has 1 unspecified atom stereocenters. The Labute approximate surface area is 172 Å². The fraction of sp³-hybridized carbons (Fsp3) is 0.500. The van der Waals surface area contributed by atoms with E-state index in [1.54, 1.807) is 0 Å². The van der Waals surface area contributed by atoms with Gasteiger partial charge < -0.3 is 10.6 Å². The summed E-state index contributed by atoms with van der Waals surface area (Å²) in [7, 11) is 0. The summed E-state index contributed by atoms with van der Waals surface area (Å²) in [6.07, 6.45) is 4.00. The second-order valence-corrected chi connectivity index (χ2v) is 8.30. The zero-order valence-electron chi connectivity index (χ0n) is 16.1. The van der Waals surface area contributed by atoms with Crippen molar-refractivity contribution in [3.63, 3.8) is 0 Å². The molecule has 3 rings (SSSR count). The SMILES string of the molecule is CC(C)(C)n1cc(C(=O)NCCC2CCNC2)c(-c2ccccc2Cl)n1.Cl. The predicted octanol–water partition coefficient (Wildman–Crippen LogP) is 4.11. The Balaban J connectivity index is 0.00000261. The van der Waals surface area contributed by atoms with E-state index in [9.17, 15) is 4.79 Å². The van der Waals surface area contributed by atoms with Crippen LogP contribution in [0.5, 0.6) is 0 Å². The van der Waals surface area contributed by atoms with Gasteiger partial charge in [0, 0.05) is 18.3 Å². The molecule has 0 aliphatic carbocycles. The van der Waals surface area contributed by atoms with Crippen molar-refractivity contribution in [3.8, 4) is 11.3 Å². The summed E-state index contributed by atoms with van der Waals surface area (Å²) in [6, 6.07) is 7.51. The molecule has 1 atom stereocenters. The molecule has 1 saturated heterocycles. The summed E-state index contributed by atoms with van der Waals surface area (Å²) in [5.74, 6) is 0.553. The van der Waals surface area contributed by atoms with Gasteiger partial charge >= 0.3 is 0 Å². The Morgan fingerprint density at radius 2 is 2.11 bits per heavy atom. The molecule has 2 heterocycles. The first-order valence-electron chi connectivity index (χ1n) is 9.20. The number of hydrogen-bond donors (Lipinski definition) is 2. The van der Waals surface area contributed by atoms with Crippen molar-refractivity contribution in [2.24, 2.45) is 5.92 Å². The number of carbonyl (C=O) groups is 1. The molecule has 5 nitrogen and oxygen atoms in total. The number of rotatable bonds is 5. The van der Waals surface area contributed by atoms with Crippen LogP contribution in [0.3, 0.4) is 0 Å². The second kappa shape index (κ2) is 9.09. The van der Waals surface area contributed by atoms with Crippen molar-refractivity contribution >= 4 is 29.9 Å². The topological polar surface area (TPSA) is 59.0 Å². The molecule has 27 heavy (non-hydrogen) atoms. The summed E-state index contributed by atoms with van der Waals surface area (Å²) < 4.78 is 1.83. The van der Waals surface area contributed by atoms with Crippen LogP contribution >= 0.6 is 24.0 Å². The highest BCUT2D eigenvalue weighted by Gasteiger charge is 2.24. The largest absolute Gasteiger partial charge is 0.352 e. The van der Waals surface area contributed by atoms with Gasteiger partial charge in [0.05, 0.1) is 16.1 Å². The van der Waals surface area contributed by atoms with Gasteiger partial charge in [0.15, 0.2) is 0 Å². The number of carbonyl (C=O) groups excluding carboxylic acids is 1. The molecule has 2 N–H and O–H groups in total. The molecule has 0 radical (unpaired) electrons.